The monoisotopic (exact) mass is 284 g/mol. The first-order valence-corrected chi connectivity index (χ1v) is 7.38. The Bertz CT molecular complexity index is 371. The molecule has 0 saturated carbocycles. The fraction of sp³-hybridized carbons (Fsp3) is 0.600. The molecule has 4 heteroatoms. The summed E-state index contributed by atoms with van der Waals surface area (Å²) in [4.78, 5) is 2.26. The van der Waals surface area contributed by atoms with E-state index < -0.39 is 0 Å². The van der Waals surface area contributed by atoms with E-state index in [0.717, 1.165) is 43.9 Å². The highest BCUT2D eigenvalue weighted by Gasteiger charge is 2.07. The third-order valence-corrected chi connectivity index (χ3v) is 3.40. The lowest BCUT2D eigenvalue weighted by Crippen LogP contribution is -2.22. The summed E-state index contributed by atoms with van der Waals surface area (Å²) in [6.45, 7) is 5.18. The number of benzene rings is 1. The molecule has 3 nitrogen and oxygen atoms in total. The molecule has 0 heterocycles. The molecule has 0 atom stereocenters. The van der Waals surface area contributed by atoms with Crippen LogP contribution >= 0.6 is 11.6 Å². The Labute approximate surface area is 121 Å². The van der Waals surface area contributed by atoms with Gasteiger partial charge in [0.15, 0.2) is 0 Å². The maximum atomic E-state index is 8.78. The van der Waals surface area contributed by atoms with Crippen LogP contribution in [-0.4, -0.2) is 31.9 Å². The molecule has 0 radical (unpaired) electrons. The highest BCUT2D eigenvalue weighted by molar-refractivity contribution is 6.30. The van der Waals surface area contributed by atoms with Gasteiger partial charge in [-0.1, -0.05) is 18.5 Å². The van der Waals surface area contributed by atoms with Crippen LogP contribution in [0.5, 0.6) is 0 Å². The first-order valence-electron chi connectivity index (χ1n) is 7.00. The van der Waals surface area contributed by atoms with E-state index >= 15 is 0 Å². The minimum Gasteiger partial charge on any atom is -0.396 e. The van der Waals surface area contributed by atoms with E-state index in [1.807, 2.05) is 12.1 Å². The fourth-order valence-electron chi connectivity index (χ4n) is 2.09. The second-order valence-corrected chi connectivity index (χ2v) is 5.20. The molecule has 0 aromatic heterocycles. The molecule has 1 aromatic carbocycles. The van der Waals surface area contributed by atoms with Crippen molar-refractivity contribution in [3.05, 3.63) is 28.8 Å². The summed E-state index contributed by atoms with van der Waals surface area (Å²) >= 11 is 6.07. The number of aliphatic hydroxyl groups excluding tert-OH is 1. The average Bonchev–Trinajstić information content (AvgIpc) is 2.41. The Morgan fingerprint density at radius 2 is 2.05 bits per heavy atom. The molecule has 0 aliphatic carbocycles. The van der Waals surface area contributed by atoms with E-state index in [9.17, 15) is 0 Å². The number of nitrogens with one attached hydrogen (secondary N) is 1. The molecular formula is C15H25ClN2O. The minimum atomic E-state index is 0.288. The highest BCUT2D eigenvalue weighted by Crippen LogP contribution is 2.24. The van der Waals surface area contributed by atoms with E-state index in [0.29, 0.717) is 0 Å². The molecule has 0 fully saturated rings. The molecule has 0 spiro atoms. The summed E-state index contributed by atoms with van der Waals surface area (Å²) in [6, 6.07) is 6.06. The smallest absolute Gasteiger partial charge is 0.0431 e. The predicted octanol–water partition coefficient (Wildman–Crippen LogP) is 3.05. The third-order valence-electron chi connectivity index (χ3n) is 3.17. The van der Waals surface area contributed by atoms with Gasteiger partial charge in [-0.3, -0.25) is 0 Å². The Balaban J connectivity index is 2.63. The van der Waals surface area contributed by atoms with Crippen LogP contribution in [0.4, 0.5) is 5.69 Å². The first-order chi connectivity index (χ1) is 9.19. The quantitative estimate of drug-likeness (QED) is 0.684. The number of unbranched alkanes of at least 4 members (excludes halogenated alkanes) is 2. The van der Waals surface area contributed by atoms with Crippen LogP contribution < -0.4 is 10.2 Å². The van der Waals surface area contributed by atoms with Gasteiger partial charge in [-0.2, -0.15) is 0 Å². The normalized spacial score (nSPS) is 10.7. The largest absolute Gasteiger partial charge is 0.396 e. The molecule has 2 N–H and O–H groups in total. The lowest BCUT2D eigenvalue weighted by atomic mass is 10.1. The number of aliphatic hydroxyl groups is 1. The molecule has 108 valence electrons. The van der Waals surface area contributed by atoms with Gasteiger partial charge >= 0.3 is 0 Å². The van der Waals surface area contributed by atoms with Gasteiger partial charge in [-0.25, -0.2) is 0 Å². The van der Waals surface area contributed by atoms with Crippen LogP contribution in [0.2, 0.25) is 5.02 Å². The van der Waals surface area contributed by atoms with Crippen LogP contribution in [0.15, 0.2) is 18.2 Å². The van der Waals surface area contributed by atoms with Crippen molar-refractivity contribution in [2.45, 2.75) is 32.7 Å². The van der Waals surface area contributed by atoms with Crippen LogP contribution in [0.25, 0.3) is 0 Å². The first kappa shape index (κ1) is 16.3. The van der Waals surface area contributed by atoms with Crippen molar-refractivity contribution in [3.63, 3.8) is 0 Å². The molecule has 0 aliphatic heterocycles. The minimum absolute atomic E-state index is 0.288. The third kappa shape index (κ3) is 5.81. The average molecular weight is 285 g/mol. The Hall–Kier alpha value is -0.770. The van der Waals surface area contributed by atoms with Gasteiger partial charge in [-0.05, 0) is 49.6 Å². The number of halogens is 1. The fourth-order valence-corrected chi connectivity index (χ4v) is 2.28. The van der Waals surface area contributed by atoms with Gasteiger partial charge in [0.25, 0.3) is 0 Å². The van der Waals surface area contributed by atoms with Gasteiger partial charge in [0.2, 0.25) is 0 Å². The van der Waals surface area contributed by atoms with Gasteiger partial charge in [0, 0.05) is 37.5 Å². The van der Waals surface area contributed by atoms with Crippen molar-refractivity contribution < 1.29 is 5.11 Å². The lowest BCUT2D eigenvalue weighted by molar-refractivity contribution is 0.283. The second kappa shape index (κ2) is 9.18. The van der Waals surface area contributed by atoms with E-state index in [2.05, 4.69) is 30.3 Å². The summed E-state index contributed by atoms with van der Waals surface area (Å²) in [6.07, 6.45) is 3.05. The SMILES string of the molecule is CCNCc1cc(Cl)ccc1N(C)CCCCCO. The summed E-state index contributed by atoms with van der Waals surface area (Å²) < 4.78 is 0. The summed E-state index contributed by atoms with van der Waals surface area (Å²) in [7, 11) is 2.11. The Morgan fingerprint density at radius 1 is 1.26 bits per heavy atom. The van der Waals surface area contributed by atoms with Gasteiger partial charge in [0.1, 0.15) is 0 Å². The van der Waals surface area contributed by atoms with E-state index in [-0.39, 0.29) is 6.61 Å². The molecule has 1 rings (SSSR count). The lowest BCUT2D eigenvalue weighted by Gasteiger charge is -2.23. The van der Waals surface area contributed by atoms with Crippen molar-refractivity contribution in [1.29, 1.82) is 0 Å². The number of anilines is 1. The molecule has 19 heavy (non-hydrogen) atoms. The van der Waals surface area contributed by atoms with Crippen LogP contribution in [0.3, 0.4) is 0 Å². The van der Waals surface area contributed by atoms with Crippen molar-refractivity contribution >= 4 is 17.3 Å². The molecule has 0 saturated heterocycles. The molecule has 0 amide bonds. The summed E-state index contributed by atoms with van der Waals surface area (Å²) in [5, 5.41) is 12.9. The van der Waals surface area contributed by atoms with Crippen LogP contribution in [0.1, 0.15) is 31.7 Å². The molecular weight excluding hydrogens is 260 g/mol. The zero-order valence-corrected chi connectivity index (χ0v) is 12.7. The Kier molecular flexibility index (Phi) is 7.87. The number of hydrogen-bond donors (Lipinski definition) is 2. The maximum Gasteiger partial charge on any atom is 0.0431 e. The topological polar surface area (TPSA) is 35.5 Å². The highest BCUT2D eigenvalue weighted by atomic mass is 35.5. The van der Waals surface area contributed by atoms with Gasteiger partial charge < -0.3 is 15.3 Å². The molecule has 0 bridgehead atoms. The van der Waals surface area contributed by atoms with E-state index in [4.69, 9.17) is 16.7 Å². The molecule has 1 aromatic rings. The second-order valence-electron chi connectivity index (χ2n) is 4.76. The molecule has 0 aliphatic rings. The van der Waals surface area contributed by atoms with Crippen molar-refractivity contribution in [2.75, 3.05) is 31.6 Å². The maximum absolute atomic E-state index is 8.78. The number of nitrogens with zero attached hydrogens (tertiary/aromatic N) is 1. The van der Waals surface area contributed by atoms with Crippen LogP contribution in [0, 0.1) is 0 Å². The van der Waals surface area contributed by atoms with Crippen molar-refractivity contribution in [2.24, 2.45) is 0 Å². The summed E-state index contributed by atoms with van der Waals surface area (Å²) in [5.74, 6) is 0. The zero-order chi connectivity index (χ0) is 14.1. The van der Waals surface area contributed by atoms with E-state index in [1.54, 1.807) is 0 Å². The van der Waals surface area contributed by atoms with E-state index in [1.165, 1.54) is 11.3 Å². The summed E-state index contributed by atoms with van der Waals surface area (Å²) in [5.41, 5.74) is 2.47. The standard InChI is InChI=1S/C15H25ClN2O/c1-3-17-12-13-11-14(16)7-8-15(13)18(2)9-5-4-6-10-19/h7-8,11,17,19H,3-6,9-10,12H2,1-2H3. The van der Waals surface area contributed by atoms with Gasteiger partial charge in [-0.15, -0.1) is 0 Å². The van der Waals surface area contributed by atoms with Crippen LogP contribution in [-0.2, 0) is 6.54 Å². The Morgan fingerprint density at radius 3 is 2.74 bits per heavy atom. The zero-order valence-electron chi connectivity index (χ0n) is 12.0. The van der Waals surface area contributed by atoms with Crippen molar-refractivity contribution in [1.82, 2.24) is 5.32 Å². The van der Waals surface area contributed by atoms with Crippen molar-refractivity contribution in [3.8, 4) is 0 Å². The molecule has 0 unspecified atom stereocenters. The number of rotatable bonds is 9. The van der Waals surface area contributed by atoms with Gasteiger partial charge in [0.05, 0.1) is 0 Å². The number of hydrogen-bond acceptors (Lipinski definition) is 3. The predicted molar refractivity (Wildman–Crippen MR) is 83.0 cm³/mol.